The molecule has 0 saturated carbocycles. The highest BCUT2D eigenvalue weighted by Crippen LogP contribution is 2.22. The molecule has 19 heavy (non-hydrogen) atoms. The standard InChI is InChI=1S/C13H14FNO4/c14-10-6-7-15(13(17)18)11(10)12(16)19-8-9-4-2-1-3-5-9/h1-5,10-11H,6-8H2,(H,17,18)/t10-,11+/m1/s1. The van der Waals surface area contributed by atoms with E-state index < -0.39 is 24.3 Å². The van der Waals surface area contributed by atoms with Gasteiger partial charge >= 0.3 is 12.1 Å². The van der Waals surface area contributed by atoms with Crippen LogP contribution in [0, 0.1) is 0 Å². The Morgan fingerprint density at radius 2 is 2.05 bits per heavy atom. The monoisotopic (exact) mass is 267 g/mol. The maximum atomic E-state index is 13.6. The number of nitrogens with zero attached hydrogens (tertiary/aromatic N) is 1. The van der Waals surface area contributed by atoms with Crippen LogP contribution < -0.4 is 0 Å². The maximum Gasteiger partial charge on any atom is 0.408 e. The van der Waals surface area contributed by atoms with E-state index in [2.05, 4.69) is 0 Å². The normalized spacial score (nSPS) is 22.3. The molecule has 0 radical (unpaired) electrons. The number of hydrogen-bond acceptors (Lipinski definition) is 3. The second-order valence-corrected chi connectivity index (χ2v) is 4.32. The van der Waals surface area contributed by atoms with Crippen LogP contribution in [0.15, 0.2) is 30.3 Å². The van der Waals surface area contributed by atoms with Gasteiger partial charge in [0.05, 0.1) is 0 Å². The molecule has 6 heteroatoms. The SMILES string of the molecule is O=C(OCc1ccccc1)[C@@H]1[C@H](F)CCN1C(=O)O. The van der Waals surface area contributed by atoms with Crippen molar-refractivity contribution in [2.24, 2.45) is 0 Å². The predicted octanol–water partition coefficient (Wildman–Crippen LogP) is 1.82. The van der Waals surface area contributed by atoms with Gasteiger partial charge in [-0.05, 0) is 12.0 Å². The second-order valence-electron chi connectivity index (χ2n) is 4.32. The first kappa shape index (κ1) is 13.3. The third-order valence-corrected chi connectivity index (χ3v) is 3.04. The van der Waals surface area contributed by atoms with Crippen molar-refractivity contribution in [3.63, 3.8) is 0 Å². The number of hydrogen-bond donors (Lipinski definition) is 1. The largest absolute Gasteiger partial charge is 0.465 e. The molecule has 0 unspecified atom stereocenters. The Kier molecular flexibility index (Phi) is 3.99. The molecule has 0 bridgehead atoms. The van der Waals surface area contributed by atoms with Gasteiger partial charge in [-0.3, -0.25) is 4.90 Å². The molecule has 1 aliphatic heterocycles. The lowest BCUT2D eigenvalue weighted by Crippen LogP contribution is -2.44. The van der Waals surface area contributed by atoms with E-state index in [0.717, 1.165) is 10.5 Å². The summed E-state index contributed by atoms with van der Waals surface area (Å²) in [4.78, 5) is 23.5. The summed E-state index contributed by atoms with van der Waals surface area (Å²) in [5.74, 6) is -0.837. The van der Waals surface area contributed by atoms with Crippen molar-refractivity contribution in [3.05, 3.63) is 35.9 Å². The molecule has 1 amide bonds. The van der Waals surface area contributed by atoms with Gasteiger partial charge in [-0.1, -0.05) is 30.3 Å². The molecule has 1 saturated heterocycles. The fourth-order valence-electron chi connectivity index (χ4n) is 2.06. The van der Waals surface area contributed by atoms with Gasteiger partial charge in [-0.15, -0.1) is 0 Å². The minimum Gasteiger partial charge on any atom is -0.465 e. The average Bonchev–Trinajstić information content (AvgIpc) is 2.79. The Balaban J connectivity index is 1.97. The lowest BCUT2D eigenvalue weighted by atomic mass is 10.2. The van der Waals surface area contributed by atoms with Gasteiger partial charge in [0.15, 0.2) is 6.04 Å². The Hall–Kier alpha value is -2.11. The Morgan fingerprint density at radius 1 is 1.37 bits per heavy atom. The van der Waals surface area contributed by atoms with Gasteiger partial charge in [0.1, 0.15) is 12.8 Å². The minimum atomic E-state index is -1.50. The number of carbonyl (C=O) groups is 2. The quantitative estimate of drug-likeness (QED) is 0.848. The number of carboxylic acid groups (broad SMARTS) is 1. The van der Waals surface area contributed by atoms with Crippen LogP contribution in [0.25, 0.3) is 0 Å². The number of esters is 1. The van der Waals surface area contributed by atoms with Crippen molar-refractivity contribution in [1.82, 2.24) is 4.90 Å². The Morgan fingerprint density at radius 3 is 2.68 bits per heavy atom. The highest BCUT2D eigenvalue weighted by Gasteiger charge is 2.43. The van der Waals surface area contributed by atoms with E-state index in [-0.39, 0.29) is 19.6 Å². The van der Waals surface area contributed by atoms with E-state index in [1.54, 1.807) is 24.3 Å². The molecule has 1 heterocycles. The number of rotatable bonds is 3. The molecule has 102 valence electrons. The van der Waals surface area contributed by atoms with Gasteiger partial charge in [-0.25, -0.2) is 14.0 Å². The van der Waals surface area contributed by atoms with E-state index in [1.165, 1.54) is 0 Å². The first-order valence-corrected chi connectivity index (χ1v) is 5.94. The zero-order chi connectivity index (χ0) is 13.8. The summed E-state index contributed by atoms with van der Waals surface area (Å²) in [6, 6.07) is 7.60. The van der Waals surface area contributed by atoms with Gasteiger partial charge < -0.3 is 9.84 Å². The number of benzene rings is 1. The molecule has 1 aliphatic rings. The summed E-state index contributed by atoms with van der Waals surface area (Å²) >= 11 is 0. The summed E-state index contributed by atoms with van der Waals surface area (Å²) in [5.41, 5.74) is 0.770. The van der Waals surface area contributed by atoms with Crippen LogP contribution in [0.5, 0.6) is 0 Å². The highest BCUT2D eigenvalue weighted by atomic mass is 19.1. The van der Waals surface area contributed by atoms with Gasteiger partial charge in [-0.2, -0.15) is 0 Å². The summed E-state index contributed by atoms with van der Waals surface area (Å²) in [6.07, 6.45) is -2.78. The molecule has 1 aromatic carbocycles. The lowest BCUT2D eigenvalue weighted by molar-refractivity contribution is -0.151. The van der Waals surface area contributed by atoms with Crippen LogP contribution in [0.2, 0.25) is 0 Å². The minimum absolute atomic E-state index is 0.0103. The van der Waals surface area contributed by atoms with Crippen LogP contribution in [0.3, 0.4) is 0 Å². The summed E-state index contributed by atoms with van der Waals surface area (Å²) < 4.78 is 18.5. The van der Waals surface area contributed by atoms with Crippen LogP contribution in [0.1, 0.15) is 12.0 Å². The highest BCUT2D eigenvalue weighted by molar-refractivity contribution is 5.82. The van der Waals surface area contributed by atoms with E-state index in [1.807, 2.05) is 6.07 Å². The van der Waals surface area contributed by atoms with Crippen LogP contribution in [0.4, 0.5) is 9.18 Å². The Bertz CT molecular complexity index is 465. The second kappa shape index (κ2) is 5.69. The average molecular weight is 267 g/mol. The molecule has 1 N–H and O–H groups in total. The van der Waals surface area contributed by atoms with Crippen LogP contribution in [-0.4, -0.2) is 40.8 Å². The fourth-order valence-corrected chi connectivity index (χ4v) is 2.06. The smallest absolute Gasteiger partial charge is 0.408 e. The first-order chi connectivity index (χ1) is 9.09. The zero-order valence-corrected chi connectivity index (χ0v) is 10.2. The van der Waals surface area contributed by atoms with Gasteiger partial charge in [0.2, 0.25) is 0 Å². The van der Waals surface area contributed by atoms with Gasteiger partial charge in [0.25, 0.3) is 0 Å². The maximum absolute atomic E-state index is 13.6. The van der Waals surface area contributed by atoms with Crippen molar-refractivity contribution in [3.8, 4) is 0 Å². The molecular weight excluding hydrogens is 253 g/mol. The van der Waals surface area contributed by atoms with Crippen LogP contribution >= 0.6 is 0 Å². The van der Waals surface area contributed by atoms with Crippen molar-refractivity contribution in [1.29, 1.82) is 0 Å². The van der Waals surface area contributed by atoms with Crippen molar-refractivity contribution < 1.29 is 23.8 Å². The molecule has 0 aliphatic carbocycles. The van der Waals surface area contributed by atoms with Gasteiger partial charge in [0, 0.05) is 6.54 Å². The predicted molar refractivity (Wildman–Crippen MR) is 64.3 cm³/mol. The topological polar surface area (TPSA) is 66.8 Å². The molecule has 2 rings (SSSR count). The third-order valence-electron chi connectivity index (χ3n) is 3.04. The van der Waals surface area contributed by atoms with Crippen molar-refractivity contribution in [2.45, 2.75) is 25.2 Å². The Labute approximate surface area is 109 Å². The van der Waals surface area contributed by atoms with Crippen molar-refractivity contribution >= 4 is 12.1 Å². The molecular formula is C13H14FNO4. The number of likely N-dealkylation sites (tertiary alicyclic amines) is 1. The summed E-state index contributed by atoms with van der Waals surface area (Å²) in [6.45, 7) is 0.0258. The number of amides is 1. The molecule has 1 fully saturated rings. The molecule has 0 aromatic heterocycles. The third kappa shape index (κ3) is 3.01. The summed E-state index contributed by atoms with van der Waals surface area (Å²) in [5, 5.41) is 8.89. The van der Waals surface area contributed by atoms with E-state index in [4.69, 9.17) is 9.84 Å². The number of halogens is 1. The molecule has 5 nitrogen and oxygen atoms in total. The van der Waals surface area contributed by atoms with E-state index >= 15 is 0 Å². The number of alkyl halides is 1. The summed E-state index contributed by atoms with van der Waals surface area (Å²) in [7, 11) is 0. The number of carbonyl (C=O) groups excluding carboxylic acids is 1. The van der Waals surface area contributed by atoms with E-state index in [0.29, 0.717) is 0 Å². The molecule has 2 atom stereocenters. The lowest BCUT2D eigenvalue weighted by Gasteiger charge is -2.20. The molecule has 1 aromatic rings. The number of ether oxygens (including phenoxy) is 1. The van der Waals surface area contributed by atoms with E-state index in [9.17, 15) is 14.0 Å². The first-order valence-electron chi connectivity index (χ1n) is 5.94. The molecule has 0 spiro atoms. The van der Waals surface area contributed by atoms with Crippen molar-refractivity contribution in [2.75, 3.05) is 6.54 Å². The zero-order valence-electron chi connectivity index (χ0n) is 10.2. The van der Waals surface area contributed by atoms with Crippen LogP contribution in [-0.2, 0) is 16.1 Å². The fraction of sp³-hybridized carbons (Fsp3) is 0.385.